The number of aliphatic hydroxyl groups is 1. The second-order valence-electron chi connectivity index (χ2n) is 12.9. The third kappa shape index (κ3) is 8.43. The topological polar surface area (TPSA) is 113 Å². The first-order valence-electron chi connectivity index (χ1n) is 16.1. The predicted octanol–water partition coefficient (Wildman–Crippen LogP) is 7.03. The summed E-state index contributed by atoms with van der Waals surface area (Å²) in [6.07, 6.45) is 10.9. The summed E-state index contributed by atoms with van der Waals surface area (Å²) < 4.78 is 13.3. The van der Waals surface area contributed by atoms with Gasteiger partial charge in [-0.15, -0.1) is 0 Å². The number of carbonyl (C=O) groups is 1. The van der Waals surface area contributed by atoms with E-state index in [0.717, 1.165) is 60.1 Å². The van der Waals surface area contributed by atoms with Gasteiger partial charge in [0.2, 0.25) is 0 Å². The number of benzene rings is 1. The van der Waals surface area contributed by atoms with Crippen LogP contribution in [0.3, 0.4) is 0 Å². The molecule has 4 rings (SSSR count). The van der Waals surface area contributed by atoms with Gasteiger partial charge in [-0.3, -0.25) is 4.98 Å². The predicted molar refractivity (Wildman–Crippen MR) is 185 cm³/mol. The summed E-state index contributed by atoms with van der Waals surface area (Å²) in [5.41, 5.74) is 11.0. The normalized spacial score (nSPS) is 18.7. The molecule has 1 saturated heterocycles. The number of fused-ring (bicyclic) bond motifs is 2. The van der Waals surface area contributed by atoms with Gasteiger partial charge in [-0.25, -0.2) is 4.79 Å². The molecule has 2 aliphatic rings. The van der Waals surface area contributed by atoms with Gasteiger partial charge in [0.15, 0.2) is 0 Å². The molecule has 0 spiro atoms. The lowest BCUT2D eigenvalue weighted by atomic mass is 9.76. The zero-order valence-electron chi connectivity index (χ0n) is 27.8. The quantitative estimate of drug-likeness (QED) is 0.144. The zero-order chi connectivity index (χ0) is 33.4. The smallest absolute Gasteiger partial charge is 0.450 e. The number of ether oxygens (including phenoxy) is 2. The number of aromatic nitrogens is 1. The molecule has 1 aliphatic carbocycles. The molecule has 1 aliphatic heterocycles. The Morgan fingerprint density at radius 3 is 2.67 bits per heavy atom. The molecule has 10 heteroatoms. The molecular weight excluding hydrogens is 602 g/mol. The Balaban J connectivity index is 1.80. The maximum absolute atomic E-state index is 13.2. The van der Waals surface area contributed by atoms with Crippen LogP contribution in [0.15, 0.2) is 61.2 Å². The number of nitrogens with one attached hydrogen (secondary N) is 1. The number of pyridine rings is 1. The largest absolute Gasteiger partial charge is 0.547 e. The van der Waals surface area contributed by atoms with Crippen LogP contribution in [0.25, 0.3) is 11.6 Å². The Labute approximate surface area is 278 Å². The summed E-state index contributed by atoms with van der Waals surface area (Å²) in [6, 6.07) is 9.23. The molecule has 0 bridgehead atoms. The number of hydrogen-bond acceptors (Lipinski definition) is 6. The summed E-state index contributed by atoms with van der Waals surface area (Å²) >= 11 is 6.69. The fourth-order valence-electron chi connectivity index (χ4n) is 6.24. The average molecular weight is 651 g/mol. The average Bonchev–Trinajstić information content (AvgIpc) is 3.16. The molecule has 0 saturated carbocycles. The molecule has 1 aromatic heterocycles. The molecule has 2 aromatic rings. The van der Waals surface area contributed by atoms with E-state index in [1.165, 1.54) is 6.20 Å². The minimum absolute atomic E-state index is 0.0376. The van der Waals surface area contributed by atoms with Crippen molar-refractivity contribution < 1.29 is 24.0 Å². The van der Waals surface area contributed by atoms with E-state index in [2.05, 4.69) is 37.0 Å². The number of piperidine rings is 1. The van der Waals surface area contributed by atoms with E-state index in [1.54, 1.807) is 11.1 Å². The molecule has 0 radical (unpaired) electrons. The standard InChI is InChI=1S/C36H48ClN5O4/c1-7-9-10-20-45-34(43)40-33(30(23-38)41(6)8-2)29-21-25-12-11-17-39-32(25)31(27-14-13-26(37)22-28(27)29)24-15-18-42(19-16-24)35(44)46-36(3,4)5/h8,11-14,17,21-24,31,33H,2,7,9-10,15-16,18-20,38H2,1,3-6H3,(H,40,43)/p+1/b30-23-. The second kappa shape index (κ2) is 15.5. The summed E-state index contributed by atoms with van der Waals surface area (Å²) in [4.78, 5) is 20.0. The summed E-state index contributed by atoms with van der Waals surface area (Å²) in [5, 5.41) is 14.4. The third-order valence-corrected chi connectivity index (χ3v) is 8.75. The van der Waals surface area contributed by atoms with Gasteiger partial charge in [0.25, 0.3) is 0 Å². The Kier molecular flexibility index (Phi) is 11.8. The van der Waals surface area contributed by atoms with Crippen LogP contribution in [0.1, 0.15) is 88.1 Å². The molecule has 4 N–H and O–H groups in total. The van der Waals surface area contributed by atoms with Crippen molar-refractivity contribution in [1.82, 2.24) is 15.2 Å². The Morgan fingerprint density at radius 2 is 2.02 bits per heavy atom. The highest BCUT2D eigenvalue weighted by Crippen LogP contribution is 2.46. The lowest BCUT2D eigenvalue weighted by Gasteiger charge is -2.32. The third-order valence-electron chi connectivity index (χ3n) is 8.52. The number of nitrogens with zero attached hydrogens (tertiary/aromatic N) is 3. The SMILES string of the molecule is C=CN(C)/C(=C\N)C(NC(=O)OCCCCC)C1=Cc2cccnc2C(C2CC[N+](=C(O)OC(C)(C)C)CC2)c2ccc(Cl)cc21. The van der Waals surface area contributed by atoms with E-state index < -0.39 is 17.7 Å². The van der Waals surface area contributed by atoms with Crippen LogP contribution in [0, 0.1) is 5.92 Å². The van der Waals surface area contributed by atoms with E-state index in [-0.39, 0.29) is 17.9 Å². The van der Waals surface area contributed by atoms with Crippen molar-refractivity contribution in [3.8, 4) is 0 Å². The van der Waals surface area contributed by atoms with Crippen molar-refractivity contribution in [2.75, 3.05) is 26.7 Å². The number of carbonyl (C=O) groups excluding carboxylic acids is 1. The fraction of sp³-hybridized carbons (Fsp3) is 0.472. The number of amides is 1. The Hall–Kier alpha value is -3.98. The van der Waals surface area contributed by atoms with Crippen molar-refractivity contribution in [2.45, 2.75) is 77.4 Å². The van der Waals surface area contributed by atoms with E-state index in [0.29, 0.717) is 30.4 Å². The van der Waals surface area contributed by atoms with Gasteiger partial charge in [-0.2, -0.15) is 4.58 Å². The number of nitrogens with two attached hydrogens (primary N) is 1. The highest BCUT2D eigenvalue weighted by Gasteiger charge is 2.39. The summed E-state index contributed by atoms with van der Waals surface area (Å²) in [6.45, 7) is 13.4. The number of likely N-dealkylation sites (N-methyl/N-ethyl adjacent to an activating group) is 1. The number of halogens is 1. The van der Waals surface area contributed by atoms with Crippen LogP contribution < -0.4 is 11.1 Å². The first kappa shape index (κ1) is 34.9. The lowest BCUT2D eigenvalue weighted by Crippen LogP contribution is -2.41. The molecule has 1 fully saturated rings. The first-order chi connectivity index (χ1) is 22.0. The number of rotatable bonds is 10. The van der Waals surface area contributed by atoms with Crippen LogP contribution in [0.2, 0.25) is 5.02 Å². The molecule has 46 heavy (non-hydrogen) atoms. The molecule has 1 amide bonds. The van der Waals surface area contributed by atoms with E-state index in [1.807, 2.05) is 56.8 Å². The van der Waals surface area contributed by atoms with Gasteiger partial charge in [0.1, 0.15) is 18.7 Å². The number of alkyl carbamates (subject to hydrolysis) is 1. The number of unbranched alkanes of at least 4 members (excludes halogenated alkanes) is 2. The van der Waals surface area contributed by atoms with Gasteiger partial charge in [-0.1, -0.05) is 50.1 Å². The molecule has 9 nitrogen and oxygen atoms in total. The molecular formula is C36H49ClN5O4+. The highest BCUT2D eigenvalue weighted by atomic mass is 35.5. The van der Waals surface area contributed by atoms with E-state index in [9.17, 15) is 9.90 Å². The monoisotopic (exact) mass is 650 g/mol. The first-order valence-corrected chi connectivity index (χ1v) is 16.5. The van der Waals surface area contributed by atoms with Crippen molar-refractivity contribution in [3.63, 3.8) is 0 Å². The maximum Gasteiger partial charge on any atom is 0.547 e. The second-order valence-corrected chi connectivity index (χ2v) is 13.4. The van der Waals surface area contributed by atoms with Crippen molar-refractivity contribution >= 4 is 35.4 Å². The van der Waals surface area contributed by atoms with Crippen molar-refractivity contribution in [1.29, 1.82) is 0 Å². The van der Waals surface area contributed by atoms with Crippen LogP contribution in [0.5, 0.6) is 0 Å². The van der Waals surface area contributed by atoms with E-state index >= 15 is 0 Å². The molecule has 248 valence electrons. The Bertz CT molecular complexity index is 1490. The minimum Gasteiger partial charge on any atom is -0.450 e. The van der Waals surface area contributed by atoms with Crippen LogP contribution >= 0.6 is 11.6 Å². The molecule has 2 heterocycles. The number of hydrogen-bond donors (Lipinski definition) is 3. The van der Waals surface area contributed by atoms with Crippen molar-refractivity contribution in [3.05, 3.63) is 88.6 Å². The fourth-order valence-corrected chi connectivity index (χ4v) is 6.42. The summed E-state index contributed by atoms with van der Waals surface area (Å²) in [5.74, 6) is 0.157. The van der Waals surface area contributed by atoms with Crippen molar-refractivity contribution in [2.24, 2.45) is 11.7 Å². The van der Waals surface area contributed by atoms with Gasteiger partial charge in [-0.05, 0) is 85.8 Å². The van der Waals surface area contributed by atoms with Gasteiger partial charge in [0.05, 0.1) is 24.0 Å². The van der Waals surface area contributed by atoms with Gasteiger partial charge in [0, 0.05) is 43.2 Å². The lowest BCUT2D eigenvalue weighted by molar-refractivity contribution is -0.558. The minimum atomic E-state index is -0.682. The van der Waals surface area contributed by atoms with Gasteiger partial charge >= 0.3 is 12.2 Å². The van der Waals surface area contributed by atoms with E-state index in [4.69, 9.17) is 31.8 Å². The Morgan fingerprint density at radius 1 is 1.28 bits per heavy atom. The van der Waals surface area contributed by atoms with Crippen LogP contribution in [0.4, 0.5) is 4.79 Å². The summed E-state index contributed by atoms with van der Waals surface area (Å²) in [7, 11) is 1.84. The number of aliphatic hydroxyl groups excluding tert-OH is 1. The van der Waals surface area contributed by atoms with Gasteiger partial charge < -0.3 is 30.5 Å². The van der Waals surface area contributed by atoms with Crippen LogP contribution in [-0.4, -0.2) is 70.1 Å². The van der Waals surface area contributed by atoms with Crippen LogP contribution in [-0.2, 0) is 9.47 Å². The zero-order valence-corrected chi connectivity index (χ0v) is 28.5. The maximum atomic E-state index is 13.2. The molecule has 2 atom stereocenters. The molecule has 2 unspecified atom stereocenters. The molecule has 1 aromatic carbocycles. The highest BCUT2D eigenvalue weighted by molar-refractivity contribution is 6.30.